The second-order valence-electron chi connectivity index (χ2n) is 4.29. The van der Waals surface area contributed by atoms with Crippen LogP contribution in [0.1, 0.15) is 16.1 Å². The van der Waals surface area contributed by atoms with Gasteiger partial charge in [0.15, 0.2) is 0 Å². The number of nitrogens with zero attached hydrogens (tertiary/aromatic N) is 1. The van der Waals surface area contributed by atoms with E-state index in [2.05, 4.69) is 10.3 Å². The zero-order valence-electron chi connectivity index (χ0n) is 11.4. The molecule has 0 saturated carbocycles. The Balaban J connectivity index is 2.06. The molecule has 1 heterocycles. The van der Waals surface area contributed by atoms with E-state index in [1.54, 1.807) is 36.4 Å². The number of carbonyl (C=O) groups is 2. The number of hydrogen-bond acceptors (Lipinski definition) is 4. The Hall–Kier alpha value is -2.89. The van der Waals surface area contributed by atoms with Gasteiger partial charge in [-0.1, -0.05) is 6.07 Å². The minimum absolute atomic E-state index is 0.149. The molecular formula is C15H14N2O4. The monoisotopic (exact) mass is 286 g/mol. The van der Waals surface area contributed by atoms with Crippen molar-refractivity contribution in [3.8, 4) is 5.75 Å². The van der Waals surface area contributed by atoms with Crippen molar-refractivity contribution in [3.05, 3.63) is 53.9 Å². The SMILES string of the molecule is COc1cccc(C(=O)Nc2ccc(CC(=O)O)nc2)c1. The standard InChI is InChI=1S/C15H14N2O4/c1-21-13-4-2-3-10(7-13)15(20)17-12-6-5-11(16-9-12)8-14(18)19/h2-7,9H,8H2,1H3,(H,17,20)(H,18,19). The number of rotatable bonds is 5. The number of ether oxygens (including phenoxy) is 1. The van der Waals surface area contributed by atoms with Crippen LogP contribution in [0.25, 0.3) is 0 Å². The number of pyridine rings is 1. The summed E-state index contributed by atoms with van der Waals surface area (Å²) < 4.78 is 5.06. The van der Waals surface area contributed by atoms with Crippen LogP contribution in [0.5, 0.6) is 5.75 Å². The Kier molecular flexibility index (Phi) is 4.50. The summed E-state index contributed by atoms with van der Waals surface area (Å²) >= 11 is 0. The van der Waals surface area contributed by atoms with Crippen LogP contribution in [0.2, 0.25) is 0 Å². The predicted octanol–water partition coefficient (Wildman–Crippen LogP) is 1.97. The second-order valence-corrected chi connectivity index (χ2v) is 4.29. The molecule has 0 aliphatic heterocycles. The van der Waals surface area contributed by atoms with Gasteiger partial charge < -0.3 is 15.2 Å². The van der Waals surface area contributed by atoms with Gasteiger partial charge >= 0.3 is 5.97 Å². The topological polar surface area (TPSA) is 88.5 Å². The lowest BCUT2D eigenvalue weighted by atomic mass is 10.2. The summed E-state index contributed by atoms with van der Waals surface area (Å²) in [5.41, 5.74) is 1.39. The van der Waals surface area contributed by atoms with Gasteiger partial charge in [-0.25, -0.2) is 0 Å². The maximum absolute atomic E-state index is 12.1. The number of anilines is 1. The smallest absolute Gasteiger partial charge is 0.309 e. The number of aliphatic carboxylic acids is 1. The van der Waals surface area contributed by atoms with E-state index in [1.807, 2.05) is 0 Å². The normalized spacial score (nSPS) is 9.95. The van der Waals surface area contributed by atoms with Gasteiger partial charge in [0.1, 0.15) is 5.75 Å². The first-order valence-electron chi connectivity index (χ1n) is 6.20. The van der Waals surface area contributed by atoms with Crippen molar-refractivity contribution < 1.29 is 19.4 Å². The van der Waals surface area contributed by atoms with E-state index in [1.165, 1.54) is 13.3 Å². The Morgan fingerprint density at radius 2 is 2.10 bits per heavy atom. The minimum atomic E-state index is -0.948. The lowest BCUT2D eigenvalue weighted by molar-refractivity contribution is -0.136. The van der Waals surface area contributed by atoms with E-state index >= 15 is 0 Å². The molecule has 6 nitrogen and oxygen atoms in total. The molecule has 0 radical (unpaired) electrons. The Bertz CT molecular complexity index is 653. The maximum atomic E-state index is 12.1. The number of amides is 1. The van der Waals surface area contributed by atoms with E-state index < -0.39 is 5.97 Å². The van der Waals surface area contributed by atoms with Crippen LogP contribution in [0.4, 0.5) is 5.69 Å². The van der Waals surface area contributed by atoms with E-state index in [9.17, 15) is 9.59 Å². The summed E-state index contributed by atoms with van der Waals surface area (Å²) in [6.07, 6.45) is 1.28. The highest BCUT2D eigenvalue weighted by atomic mass is 16.5. The Labute approximate surface area is 121 Å². The van der Waals surface area contributed by atoms with Gasteiger partial charge in [0.25, 0.3) is 5.91 Å². The van der Waals surface area contributed by atoms with Gasteiger partial charge in [-0.15, -0.1) is 0 Å². The average Bonchev–Trinajstić information content (AvgIpc) is 2.49. The largest absolute Gasteiger partial charge is 0.497 e. The van der Waals surface area contributed by atoms with Crippen molar-refractivity contribution >= 4 is 17.6 Å². The van der Waals surface area contributed by atoms with Crippen molar-refractivity contribution in [2.75, 3.05) is 12.4 Å². The molecule has 1 amide bonds. The molecule has 6 heteroatoms. The first kappa shape index (κ1) is 14.5. The lowest BCUT2D eigenvalue weighted by Crippen LogP contribution is -2.12. The van der Waals surface area contributed by atoms with Crippen LogP contribution in [0.15, 0.2) is 42.6 Å². The first-order valence-corrected chi connectivity index (χ1v) is 6.20. The number of aromatic nitrogens is 1. The lowest BCUT2D eigenvalue weighted by Gasteiger charge is -2.07. The number of carbonyl (C=O) groups excluding carboxylic acids is 1. The third-order valence-corrected chi connectivity index (χ3v) is 2.75. The van der Waals surface area contributed by atoms with Crippen LogP contribution in [0, 0.1) is 0 Å². The van der Waals surface area contributed by atoms with Crippen molar-refractivity contribution in [2.45, 2.75) is 6.42 Å². The number of carboxylic acids is 1. The zero-order valence-corrected chi connectivity index (χ0v) is 11.4. The Morgan fingerprint density at radius 1 is 1.29 bits per heavy atom. The number of carboxylic acid groups (broad SMARTS) is 1. The maximum Gasteiger partial charge on any atom is 0.309 e. The third kappa shape index (κ3) is 4.04. The van der Waals surface area contributed by atoms with E-state index in [-0.39, 0.29) is 12.3 Å². The molecule has 1 aromatic carbocycles. The van der Waals surface area contributed by atoms with Crippen LogP contribution < -0.4 is 10.1 Å². The van der Waals surface area contributed by atoms with Crippen molar-refractivity contribution in [3.63, 3.8) is 0 Å². The van der Waals surface area contributed by atoms with E-state index in [0.717, 1.165) is 0 Å². The quantitative estimate of drug-likeness (QED) is 0.877. The fourth-order valence-corrected chi connectivity index (χ4v) is 1.73. The van der Waals surface area contributed by atoms with Crippen molar-refractivity contribution in [1.82, 2.24) is 4.98 Å². The summed E-state index contributed by atoms with van der Waals surface area (Å²) in [5, 5.41) is 11.3. The number of nitrogens with one attached hydrogen (secondary N) is 1. The molecule has 0 aliphatic carbocycles. The van der Waals surface area contributed by atoms with Crippen LogP contribution in [-0.2, 0) is 11.2 Å². The van der Waals surface area contributed by atoms with Crippen molar-refractivity contribution in [2.24, 2.45) is 0 Å². The van der Waals surface area contributed by atoms with Gasteiger partial charge in [-0.3, -0.25) is 14.6 Å². The molecule has 2 N–H and O–H groups in total. The molecule has 2 aromatic rings. The zero-order chi connectivity index (χ0) is 15.2. The fraction of sp³-hybridized carbons (Fsp3) is 0.133. The van der Waals surface area contributed by atoms with E-state index in [4.69, 9.17) is 9.84 Å². The first-order chi connectivity index (χ1) is 10.1. The summed E-state index contributed by atoms with van der Waals surface area (Å²) in [4.78, 5) is 26.6. The molecule has 0 aliphatic rings. The average molecular weight is 286 g/mol. The highest BCUT2D eigenvalue weighted by Crippen LogP contribution is 2.14. The number of hydrogen-bond donors (Lipinski definition) is 2. The molecule has 21 heavy (non-hydrogen) atoms. The molecule has 0 unspecified atom stereocenters. The van der Waals surface area contributed by atoms with Crippen molar-refractivity contribution in [1.29, 1.82) is 0 Å². The second kappa shape index (κ2) is 6.51. The van der Waals surface area contributed by atoms with Gasteiger partial charge in [0.2, 0.25) is 0 Å². The molecule has 2 rings (SSSR count). The third-order valence-electron chi connectivity index (χ3n) is 2.75. The summed E-state index contributed by atoms with van der Waals surface area (Å²) in [6.45, 7) is 0. The molecule has 0 spiro atoms. The van der Waals surface area contributed by atoms with Crippen LogP contribution in [-0.4, -0.2) is 29.1 Å². The Morgan fingerprint density at radius 3 is 2.71 bits per heavy atom. The predicted molar refractivity (Wildman–Crippen MR) is 76.5 cm³/mol. The highest BCUT2D eigenvalue weighted by molar-refractivity contribution is 6.04. The van der Waals surface area contributed by atoms with Crippen LogP contribution in [0.3, 0.4) is 0 Å². The molecule has 1 aromatic heterocycles. The summed E-state index contributed by atoms with van der Waals surface area (Å²) in [6, 6.07) is 9.95. The fourth-order valence-electron chi connectivity index (χ4n) is 1.73. The molecule has 0 saturated heterocycles. The number of benzene rings is 1. The molecule has 108 valence electrons. The van der Waals surface area contributed by atoms with Gasteiger partial charge in [0.05, 0.1) is 31.1 Å². The van der Waals surface area contributed by atoms with Gasteiger partial charge in [-0.05, 0) is 30.3 Å². The molecule has 0 bridgehead atoms. The minimum Gasteiger partial charge on any atom is -0.497 e. The summed E-state index contributed by atoms with van der Waals surface area (Å²) in [7, 11) is 1.53. The van der Waals surface area contributed by atoms with E-state index in [0.29, 0.717) is 22.7 Å². The molecule has 0 atom stereocenters. The highest BCUT2D eigenvalue weighted by Gasteiger charge is 2.08. The van der Waals surface area contributed by atoms with Crippen LogP contribution >= 0.6 is 0 Å². The van der Waals surface area contributed by atoms with Gasteiger partial charge in [-0.2, -0.15) is 0 Å². The molecule has 0 fully saturated rings. The number of methoxy groups -OCH3 is 1. The summed E-state index contributed by atoms with van der Waals surface area (Å²) in [5.74, 6) is -0.644. The van der Waals surface area contributed by atoms with Gasteiger partial charge in [0, 0.05) is 5.56 Å². The molecular weight excluding hydrogens is 272 g/mol.